The largest absolute Gasteiger partial charge is 0.480 e. The lowest BCUT2D eigenvalue weighted by Crippen LogP contribution is -2.49. The van der Waals surface area contributed by atoms with E-state index >= 15 is 0 Å². The average Bonchev–Trinajstić information content (AvgIpc) is 3.16. The number of fused-ring (bicyclic) bond motifs is 1. The lowest BCUT2D eigenvalue weighted by molar-refractivity contribution is -0.0319. The molecular weight excluding hydrogens is 384 g/mol. The van der Waals surface area contributed by atoms with Crippen molar-refractivity contribution in [2.75, 3.05) is 32.2 Å². The first-order valence-electron chi connectivity index (χ1n) is 8.72. The highest BCUT2D eigenvalue weighted by Crippen LogP contribution is 2.43. The molecule has 2 atom stereocenters. The molecule has 0 aliphatic carbocycles. The van der Waals surface area contributed by atoms with Crippen molar-refractivity contribution in [2.45, 2.75) is 18.9 Å². The summed E-state index contributed by atoms with van der Waals surface area (Å²) in [5.74, 6) is 0.495. The molecule has 2 aliphatic heterocycles. The summed E-state index contributed by atoms with van der Waals surface area (Å²) >= 11 is 1.40. The second-order valence-corrected chi connectivity index (χ2v) is 7.42. The van der Waals surface area contributed by atoms with Crippen molar-refractivity contribution in [3.8, 4) is 5.88 Å². The van der Waals surface area contributed by atoms with Crippen molar-refractivity contribution in [3.63, 3.8) is 0 Å². The molecule has 0 radical (unpaired) electrons. The number of carbonyl (C=O) groups excluding carboxylic acids is 1. The molecule has 148 valence electrons. The molecule has 1 amide bonds. The van der Waals surface area contributed by atoms with Gasteiger partial charge in [0.05, 0.1) is 32.2 Å². The number of rotatable bonds is 4. The maximum Gasteiger partial charge on any atom is 0.282 e. The fraction of sp³-hybridized carbons (Fsp3) is 0.471. The molecule has 28 heavy (non-hydrogen) atoms. The van der Waals surface area contributed by atoms with Gasteiger partial charge in [-0.15, -0.1) is 11.3 Å². The van der Waals surface area contributed by atoms with E-state index in [2.05, 4.69) is 25.3 Å². The molecule has 2 unspecified atom stereocenters. The lowest BCUT2D eigenvalue weighted by atomic mass is 9.81. The molecule has 1 saturated heterocycles. The Labute approximate surface area is 165 Å². The number of ether oxygens (including phenoxy) is 3. The molecule has 4 rings (SSSR count). The summed E-state index contributed by atoms with van der Waals surface area (Å²) in [6.07, 6.45) is 2.20. The number of aliphatic imine (C=N–C) groups is 1. The van der Waals surface area contributed by atoms with Crippen molar-refractivity contribution in [1.82, 2.24) is 15.0 Å². The van der Waals surface area contributed by atoms with E-state index in [1.54, 1.807) is 12.3 Å². The Balaban J connectivity index is 1.57. The molecule has 11 heteroatoms. The molecule has 0 saturated carbocycles. The van der Waals surface area contributed by atoms with Gasteiger partial charge < -0.3 is 25.3 Å². The highest BCUT2D eigenvalue weighted by atomic mass is 32.1. The number of methoxy groups -OCH3 is 1. The van der Waals surface area contributed by atoms with Crippen LogP contribution in [0.5, 0.6) is 5.88 Å². The van der Waals surface area contributed by atoms with Crippen LogP contribution in [0.3, 0.4) is 0 Å². The molecule has 3 N–H and O–H groups in total. The van der Waals surface area contributed by atoms with Gasteiger partial charge in [-0.2, -0.15) is 0 Å². The maximum absolute atomic E-state index is 12.6. The number of nitrogens with one attached hydrogen (secondary N) is 1. The van der Waals surface area contributed by atoms with Gasteiger partial charge >= 0.3 is 0 Å². The van der Waals surface area contributed by atoms with Crippen molar-refractivity contribution < 1.29 is 19.0 Å². The van der Waals surface area contributed by atoms with Gasteiger partial charge in [-0.05, 0) is 13.3 Å². The van der Waals surface area contributed by atoms with Gasteiger partial charge in [-0.1, -0.05) is 0 Å². The van der Waals surface area contributed by atoms with Gasteiger partial charge in [0, 0.05) is 17.9 Å². The van der Waals surface area contributed by atoms with Gasteiger partial charge in [-0.25, -0.2) is 19.9 Å². The van der Waals surface area contributed by atoms with E-state index in [1.165, 1.54) is 24.6 Å². The normalized spacial score (nSPS) is 23.9. The summed E-state index contributed by atoms with van der Waals surface area (Å²) in [5.41, 5.74) is 5.82. The fourth-order valence-electron chi connectivity index (χ4n) is 3.34. The van der Waals surface area contributed by atoms with E-state index in [9.17, 15) is 4.79 Å². The Hall–Kier alpha value is -2.79. The van der Waals surface area contributed by atoms with E-state index < -0.39 is 11.4 Å². The Morgan fingerprint density at radius 2 is 2.32 bits per heavy atom. The van der Waals surface area contributed by atoms with Gasteiger partial charge in [0.25, 0.3) is 11.9 Å². The van der Waals surface area contributed by atoms with Crippen LogP contribution in [0.2, 0.25) is 0 Å². The third-order valence-electron chi connectivity index (χ3n) is 4.82. The Morgan fingerprint density at radius 3 is 3.11 bits per heavy atom. The highest BCUT2D eigenvalue weighted by molar-refractivity contribution is 7.10. The molecular formula is C17H20N6O4S. The SMILES string of the molecule is COc1cnc(C(=O)Nc2csc(C34COCCC3COC(N)=N4)n2)c(C)n1. The molecule has 4 heterocycles. The maximum atomic E-state index is 12.6. The number of anilines is 1. The van der Waals surface area contributed by atoms with E-state index in [0.717, 1.165) is 11.4 Å². The van der Waals surface area contributed by atoms with Crippen LogP contribution in [0.25, 0.3) is 0 Å². The van der Waals surface area contributed by atoms with Crippen LogP contribution in [0.15, 0.2) is 16.6 Å². The monoisotopic (exact) mass is 404 g/mol. The van der Waals surface area contributed by atoms with E-state index in [-0.39, 0.29) is 17.6 Å². The van der Waals surface area contributed by atoms with E-state index in [1.807, 2.05) is 0 Å². The van der Waals surface area contributed by atoms with Crippen LogP contribution in [-0.4, -0.2) is 53.8 Å². The minimum Gasteiger partial charge on any atom is -0.480 e. The van der Waals surface area contributed by atoms with Crippen LogP contribution in [-0.2, 0) is 15.0 Å². The molecule has 1 fully saturated rings. The summed E-state index contributed by atoms with van der Waals surface area (Å²) < 4.78 is 16.1. The first-order valence-corrected chi connectivity index (χ1v) is 9.60. The Bertz CT molecular complexity index is 932. The molecule has 0 spiro atoms. The number of aromatic nitrogens is 3. The zero-order valence-corrected chi connectivity index (χ0v) is 16.3. The number of aryl methyl sites for hydroxylation is 1. The molecule has 0 bridgehead atoms. The predicted octanol–water partition coefficient (Wildman–Crippen LogP) is 1.08. The summed E-state index contributed by atoms with van der Waals surface area (Å²) in [5, 5.41) is 5.26. The quantitative estimate of drug-likeness (QED) is 0.773. The molecule has 2 aromatic heterocycles. The first-order chi connectivity index (χ1) is 13.5. The van der Waals surface area contributed by atoms with Crippen molar-refractivity contribution in [1.29, 1.82) is 0 Å². The topological polar surface area (TPSA) is 134 Å². The summed E-state index contributed by atoms with van der Waals surface area (Å²) in [7, 11) is 1.49. The first kappa shape index (κ1) is 18.6. The highest BCUT2D eigenvalue weighted by Gasteiger charge is 2.48. The second kappa shape index (κ2) is 7.32. The number of amidine groups is 1. The minimum absolute atomic E-state index is 0.123. The average molecular weight is 404 g/mol. The molecule has 10 nitrogen and oxygen atoms in total. The molecule has 2 aromatic rings. The van der Waals surface area contributed by atoms with Gasteiger partial charge in [0.2, 0.25) is 5.88 Å². The standard InChI is InChI=1S/C17H20N6O4S/c1-9-13(19-5-12(20-9)25-2)14(24)21-11-7-28-15(22-11)17-8-26-4-3-10(17)6-27-16(18)23-17/h5,7,10H,3-4,6,8H2,1-2H3,(H2,18,23)(H,21,24). The number of amides is 1. The fourth-order valence-corrected chi connectivity index (χ4v) is 4.30. The number of nitrogens with two attached hydrogens (primary N) is 1. The Morgan fingerprint density at radius 1 is 1.46 bits per heavy atom. The van der Waals surface area contributed by atoms with Gasteiger partial charge in [0.15, 0.2) is 0 Å². The second-order valence-electron chi connectivity index (χ2n) is 6.56. The lowest BCUT2D eigenvalue weighted by Gasteiger charge is -2.41. The molecule has 0 aromatic carbocycles. The predicted molar refractivity (Wildman–Crippen MR) is 102 cm³/mol. The van der Waals surface area contributed by atoms with Crippen LogP contribution in [0, 0.1) is 12.8 Å². The van der Waals surface area contributed by atoms with Gasteiger partial charge in [0.1, 0.15) is 22.1 Å². The zero-order valence-electron chi connectivity index (χ0n) is 15.5. The zero-order chi connectivity index (χ0) is 19.7. The number of hydrogen-bond acceptors (Lipinski definition) is 10. The third-order valence-corrected chi connectivity index (χ3v) is 5.82. The van der Waals surface area contributed by atoms with Crippen LogP contribution in [0.4, 0.5) is 5.82 Å². The minimum atomic E-state index is -0.677. The Kier molecular flexibility index (Phi) is 4.85. The van der Waals surface area contributed by atoms with Crippen molar-refractivity contribution >= 4 is 29.1 Å². The van der Waals surface area contributed by atoms with E-state index in [0.29, 0.717) is 37.2 Å². The summed E-state index contributed by atoms with van der Waals surface area (Å²) in [6, 6.07) is 0.131. The van der Waals surface area contributed by atoms with Crippen molar-refractivity contribution in [3.05, 3.63) is 28.0 Å². The smallest absolute Gasteiger partial charge is 0.282 e. The number of nitrogens with zero attached hydrogens (tertiary/aromatic N) is 4. The van der Waals surface area contributed by atoms with Crippen molar-refractivity contribution in [2.24, 2.45) is 16.6 Å². The number of carbonyl (C=O) groups is 1. The van der Waals surface area contributed by atoms with E-state index in [4.69, 9.17) is 19.9 Å². The van der Waals surface area contributed by atoms with Crippen LogP contribution >= 0.6 is 11.3 Å². The third kappa shape index (κ3) is 3.27. The van der Waals surface area contributed by atoms with Crippen LogP contribution in [0.1, 0.15) is 27.6 Å². The number of thiazole rings is 1. The van der Waals surface area contributed by atoms with Gasteiger partial charge in [-0.3, -0.25) is 4.79 Å². The summed E-state index contributed by atoms with van der Waals surface area (Å²) in [6.45, 7) is 3.20. The molecule has 2 aliphatic rings. The summed E-state index contributed by atoms with van der Waals surface area (Å²) in [4.78, 5) is 30.0. The number of hydrogen-bond donors (Lipinski definition) is 2. The van der Waals surface area contributed by atoms with Crippen LogP contribution < -0.4 is 15.8 Å².